The lowest BCUT2D eigenvalue weighted by atomic mass is 9.95. The number of hydrogen-bond donors (Lipinski definition) is 2. The number of benzene rings is 1. The molecule has 1 aromatic carbocycles. The fourth-order valence-corrected chi connectivity index (χ4v) is 3.12. The highest BCUT2D eigenvalue weighted by Crippen LogP contribution is 2.29. The van der Waals surface area contributed by atoms with Crippen LogP contribution in [0.1, 0.15) is 25.5 Å². The van der Waals surface area contributed by atoms with Crippen molar-refractivity contribution >= 4 is 17.7 Å². The van der Waals surface area contributed by atoms with Gasteiger partial charge in [-0.05, 0) is 31.5 Å². The molecule has 1 atom stereocenters. The van der Waals surface area contributed by atoms with Gasteiger partial charge in [0.25, 0.3) is 0 Å². The zero-order valence-electron chi connectivity index (χ0n) is 14.5. The second-order valence-corrected chi connectivity index (χ2v) is 5.98. The van der Waals surface area contributed by atoms with Gasteiger partial charge in [-0.1, -0.05) is 12.1 Å². The molecule has 0 aliphatic carbocycles. The molecule has 2 heterocycles. The molecule has 1 saturated heterocycles. The molecule has 2 amide bonds. The highest BCUT2D eigenvalue weighted by atomic mass is 16.5. The third-order valence-corrected chi connectivity index (χ3v) is 4.37. The van der Waals surface area contributed by atoms with E-state index < -0.39 is 12.0 Å². The van der Waals surface area contributed by atoms with Crippen LogP contribution in [0.25, 0.3) is 0 Å². The largest absolute Gasteiger partial charge is 0.463 e. The lowest BCUT2D eigenvalue weighted by Gasteiger charge is -2.30. The molecule has 0 aromatic heterocycles. The molecule has 0 saturated carbocycles. The minimum Gasteiger partial charge on any atom is -0.463 e. The van der Waals surface area contributed by atoms with Crippen LogP contribution in [-0.4, -0.2) is 44.9 Å². The quantitative estimate of drug-likeness (QED) is 0.812. The van der Waals surface area contributed by atoms with Gasteiger partial charge in [-0.15, -0.1) is 0 Å². The minimum absolute atomic E-state index is 0.284. The van der Waals surface area contributed by atoms with Crippen molar-refractivity contribution in [1.82, 2.24) is 10.6 Å². The number of urea groups is 1. The van der Waals surface area contributed by atoms with Gasteiger partial charge in [-0.25, -0.2) is 9.59 Å². The van der Waals surface area contributed by atoms with Crippen molar-refractivity contribution in [1.29, 1.82) is 0 Å². The predicted molar refractivity (Wildman–Crippen MR) is 93.2 cm³/mol. The molecule has 1 aromatic rings. The average molecular weight is 345 g/mol. The zero-order chi connectivity index (χ0) is 17.8. The maximum Gasteiger partial charge on any atom is 0.338 e. The van der Waals surface area contributed by atoms with Crippen molar-refractivity contribution < 1.29 is 19.1 Å². The van der Waals surface area contributed by atoms with Crippen molar-refractivity contribution in [2.75, 3.05) is 37.8 Å². The SMILES string of the molecule is CCOC(=O)C1=C(C)NC(=O)N[C@@H]1c1ccc(N2CCOCC2)cc1. The average Bonchev–Trinajstić information content (AvgIpc) is 2.62. The predicted octanol–water partition coefficient (Wildman–Crippen LogP) is 1.71. The summed E-state index contributed by atoms with van der Waals surface area (Å²) in [6.07, 6.45) is 0. The summed E-state index contributed by atoms with van der Waals surface area (Å²) in [5.41, 5.74) is 2.89. The molecule has 0 unspecified atom stereocenters. The lowest BCUT2D eigenvalue weighted by Crippen LogP contribution is -2.45. The van der Waals surface area contributed by atoms with E-state index in [1.54, 1.807) is 13.8 Å². The summed E-state index contributed by atoms with van der Waals surface area (Å²) < 4.78 is 10.5. The molecule has 0 bridgehead atoms. The Bertz CT molecular complexity index is 678. The first-order valence-electron chi connectivity index (χ1n) is 8.48. The van der Waals surface area contributed by atoms with Crippen LogP contribution < -0.4 is 15.5 Å². The number of carbonyl (C=O) groups excluding carboxylic acids is 2. The van der Waals surface area contributed by atoms with Gasteiger partial charge in [-0.3, -0.25) is 0 Å². The first kappa shape index (κ1) is 17.3. The van der Waals surface area contributed by atoms with E-state index >= 15 is 0 Å². The van der Waals surface area contributed by atoms with Crippen LogP contribution in [-0.2, 0) is 14.3 Å². The topological polar surface area (TPSA) is 79.9 Å². The van der Waals surface area contributed by atoms with E-state index in [9.17, 15) is 9.59 Å². The molecule has 0 spiro atoms. The third-order valence-electron chi connectivity index (χ3n) is 4.37. The molecular formula is C18H23N3O4. The van der Waals surface area contributed by atoms with Gasteiger partial charge in [0.2, 0.25) is 0 Å². The van der Waals surface area contributed by atoms with Crippen molar-refractivity contribution in [3.8, 4) is 0 Å². The summed E-state index contributed by atoms with van der Waals surface area (Å²) in [4.78, 5) is 26.4. The van der Waals surface area contributed by atoms with E-state index in [4.69, 9.17) is 9.47 Å². The normalized spacial score (nSPS) is 20.8. The summed E-state index contributed by atoms with van der Waals surface area (Å²) in [7, 11) is 0. The number of nitrogens with one attached hydrogen (secondary N) is 2. The molecule has 2 N–H and O–H groups in total. The number of nitrogens with zero attached hydrogens (tertiary/aromatic N) is 1. The van der Waals surface area contributed by atoms with Crippen LogP contribution in [0.3, 0.4) is 0 Å². The third kappa shape index (κ3) is 3.76. The van der Waals surface area contributed by atoms with Crippen molar-refractivity contribution in [2.45, 2.75) is 19.9 Å². The van der Waals surface area contributed by atoms with Crippen LogP contribution in [0.15, 0.2) is 35.5 Å². The fourth-order valence-electron chi connectivity index (χ4n) is 3.12. The monoisotopic (exact) mass is 345 g/mol. The molecule has 25 heavy (non-hydrogen) atoms. The Balaban J connectivity index is 1.86. The number of hydrogen-bond acceptors (Lipinski definition) is 5. The van der Waals surface area contributed by atoms with Crippen molar-refractivity contribution in [3.05, 3.63) is 41.1 Å². The Morgan fingerprint density at radius 3 is 2.60 bits per heavy atom. The van der Waals surface area contributed by atoms with Crippen molar-refractivity contribution in [3.63, 3.8) is 0 Å². The zero-order valence-corrected chi connectivity index (χ0v) is 14.5. The van der Waals surface area contributed by atoms with E-state index in [1.165, 1.54) is 0 Å². The number of anilines is 1. The van der Waals surface area contributed by atoms with Crippen LogP contribution >= 0.6 is 0 Å². The molecule has 1 fully saturated rings. The van der Waals surface area contributed by atoms with Gasteiger partial charge in [0, 0.05) is 24.5 Å². The summed E-state index contributed by atoms with van der Waals surface area (Å²) in [5, 5.41) is 5.45. The van der Waals surface area contributed by atoms with Crippen LogP contribution in [0, 0.1) is 0 Å². The number of carbonyl (C=O) groups is 2. The second-order valence-electron chi connectivity index (χ2n) is 5.98. The molecule has 7 nitrogen and oxygen atoms in total. The van der Waals surface area contributed by atoms with E-state index in [2.05, 4.69) is 15.5 Å². The summed E-state index contributed by atoms with van der Waals surface area (Å²) in [6.45, 7) is 6.91. The molecule has 2 aliphatic heterocycles. The standard InChI is InChI=1S/C18H23N3O4/c1-3-25-17(22)15-12(2)19-18(23)20-16(15)13-4-6-14(7-5-13)21-8-10-24-11-9-21/h4-7,16H,3,8-11H2,1-2H3,(H2,19,20,23)/t16-/m1/s1. The molecule has 7 heteroatoms. The highest BCUT2D eigenvalue weighted by molar-refractivity contribution is 5.95. The number of amides is 2. The van der Waals surface area contributed by atoms with E-state index in [0.29, 0.717) is 11.3 Å². The summed E-state index contributed by atoms with van der Waals surface area (Å²) >= 11 is 0. The Morgan fingerprint density at radius 2 is 1.96 bits per heavy atom. The maximum atomic E-state index is 12.3. The van der Waals surface area contributed by atoms with Gasteiger partial charge in [0.15, 0.2) is 0 Å². The van der Waals surface area contributed by atoms with Gasteiger partial charge in [0.05, 0.1) is 31.4 Å². The number of morpholine rings is 1. The van der Waals surface area contributed by atoms with E-state index in [0.717, 1.165) is 37.6 Å². The van der Waals surface area contributed by atoms with Gasteiger partial charge < -0.3 is 25.0 Å². The second kappa shape index (κ2) is 7.57. The highest BCUT2D eigenvalue weighted by Gasteiger charge is 2.32. The van der Waals surface area contributed by atoms with Gasteiger partial charge in [-0.2, -0.15) is 0 Å². The fraction of sp³-hybridized carbons (Fsp3) is 0.444. The van der Waals surface area contributed by atoms with Crippen LogP contribution in [0.2, 0.25) is 0 Å². The molecular weight excluding hydrogens is 322 g/mol. The Hall–Kier alpha value is -2.54. The Morgan fingerprint density at radius 1 is 1.28 bits per heavy atom. The smallest absolute Gasteiger partial charge is 0.338 e. The Labute approximate surface area is 147 Å². The first-order chi connectivity index (χ1) is 12.1. The number of rotatable bonds is 4. The molecule has 2 aliphatic rings. The van der Waals surface area contributed by atoms with Crippen LogP contribution in [0.4, 0.5) is 10.5 Å². The molecule has 134 valence electrons. The van der Waals surface area contributed by atoms with Crippen LogP contribution in [0.5, 0.6) is 0 Å². The summed E-state index contributed by atoms with van der Waals surface area (Å²) in [5.74, 6) is -0.422. The van der Waals surface area contributed by atoms with E-state index in [1.807, 2.05) is 24.3 Å². The summed E-state index contributed by atoms with van der Waals surface area (Å²) in [6, 6.07) is 7.04. The number of esters is 1. The minimum atomic E-state index is -0.522. The van der Waals surface area contributed by atoms with E-state index in [-0.39, 0.29) is 12.6 Å². The molecule has 3 rings (SSSR count). The number of allylic oxidation sites excluding steroid dienone is 1. The number of ether oxygens (including phenoxy) is 2. The molecule has 0 radical (unpaired) electrons. The van der Waals surface area contributed by atoms with Gasteiger partial charge in [0.1, 0.15) is 0 Å². The Kier molecular flexibility index (Phi) is 5.23. The maximum absolute atomic E-state index is 12.3. The first-order valence-corrected chi connectivity index (χ1v) is 8.48. The van der Waals surface area contributed by atoms with Crippen molar-refractivity contribution in [2.24, 2.45) is 0 Å². The lowest BCUT2D eigenvalue weighted by molar-refractivity contribution is -0.139. The van der Waals surface area contributed by atoms with Gasteiger partial charge >= 0.3 is 12.0 Å².